The van der Waals surface area contributed by atoms with Crippen molar-refractivity contribution in [2.75, 3.05) is 6.61 Å². The van der Waals surface area contributed by atoms with E-state index in [-0.39, 0.29) is 6.61 Å². The van der Waals surface area contributed by atoms with Crippen molar-refractivity contribution >= 4 is 33.6 Å². The van der Waals surface area contributed by atoms with Crippen LogP contribution in [0.5, 0.6) is 5.75 Å². The van der Waals surface area contributed by atoms with Gasteiger partial charge in [0.15, 0.2) is 6.61 Å². The lowest BCUT2D eigenvalue weighted by atomic mass is 10.1. The van der Waals surface area contributed by atoms with E-state index in [1.165, 1.54) is 6.08 Å². The van der Waals surface area contributed by atoms with Crippen LogP contribution in [0, 0.1) is 13.8 Å². The number of nitrogens with one attached hydrogen (secondary N) is 2. The Kier molecular flexibility index (Phi) is 6.79. The zero-order chi connectivity index (χ0) is 19.2. The predicted octanol–water partition coefficient (Wildman–Crippen LogP) is 2.96. The summed E-state index contributed by atoms with van der Waals surface area (Å²) in [5.74, 6) is -0.0829. The molecule has 0 bridgehead atoms. The van der Waals surface area contributed by atoms with E-state index in [9.17, 15) is 13.2 Å². The van der Waals surface area contributed by atoms with Crippen LogP contribution in [0.2, 0.25) is 5.02 Å². The molecule has 0 saturated carbocycles. The summed E-state index contributed by atoms with van der Waals surface area (Å²) in [5, 5.41) is 1.50. The van der Waals surface area contributed by atoms with Crippen molar-refractivity contribution in [3.63, 3.8) is 0 Å². The molecule has 0 aliphatic carbocycles. The first-order chi connectivity index (χ1) is 12.2. The molecular weight excluding hydrogens is 376 g/mol. The molecule has 0 unspecified atom stereocenters. The molecule has 0 aliphatic rings. The number of aryl methyl sites for hydroxylation is 2. The molecule has 0 heterocycles. The van der Waals surface area contributed by atoms with Crippen LogP contribution in [0.15, 0.2) is 47.9 Å². The summed E-state index contributed by atoms with van der Waals surface area (Å²) in [6.45, 7) is 3.59. The van der Waals surface area contributed by atoms with Crippen molar-refractivity contribution in [2.45, 2.75) is 13.8 Å². The van der Waals surface area contributed by atoms with Crippen LogP contribution in [0.25, 0.3) is 6.08 Å². The molecule has 1 amide bonds. The van der Waals surface area contributed by atoms with Gasteiger partial charge in [-0.25, -0.2) is 8.42 Å². The molecule has 2 aromatic rings. The average Bonchev–Trinajstić information content (AvgIpc) is 2.61. The number of carbonyl (C=O) groups is 1. The Labute approximate surface area is 157 Å². The number of sulfonamides is 1. The summed E-state index contributed by atoms with van der Waals surface area (Å²) in [6.07, 6.45) is 1.39. The predicted molar refractivity (Wildman–Crippen MR) is 102 cm³/mol. The van der Waals surface area contributed by atoms with Gasteiger partial charge >= 0.3 is 0 Å². The summed E-state index contributed by atoms with van der Waals surface area (Å²) in [5.41, 5.74) is 4.90. The van der Waals surface area contributed by atoms with E-state index in [1.54, 1.807) is 30.3 Å². The second-order valence-corrected chi connectivity index (χ2v) is 7.59. The van der Waals surface area contributed by atoms with Crippen LogP contribution < -0.4 is 15.0 Å². The first-order valence-corrected chi connectivity index (χ1v) is 9.62. The SMILES string of the molecule is Cc1ccc(OCC(=O)NNS(=O)(=O)/C=C/c2ccc(Cl)cc2)cc1C. The van der Waals surface area contributed by atoms with Crippen molar-refractivity contribution in [1.82, 2.24) is 10.3 Å². The Morgan fingerprint density at radius 3 is 2.46 bits per heavy atom. The molecule has 0 atom stereocenters. The van der Waals surface area contributed by atoms with Crippen molar-refractivity contribution in [3.8, 4) is 5.75 Å². The lowest BCUT2D eigenvalue weighted by Gasteiger charge is -2.09. The standard InChI is InChI=1S/C18H19ClN2O4S/c1-13-3-8-17(11-14(13)2)25-12-18(22)20-21-26(23,24)10-9-15-4-6-16(19)7-5-15/h3-11,21H,12H2,1-2H3,(H,20,22)/b10-9+. The quantitative estimate of drug-likeness (QED) is 0.707. The van der Waals surface area contributed by atoms with Gasteiger partial charge in [0.1, 0.15) is 5.75 Å². The highest BCUT2D eigenvalue weighted by Crippen LogP contribution is 2.16. The summed E-state index contributed by atoms with van der Waals surface area (Å²) < 4.78 is 29.0. The van der Waals surface area contributed by atoms with Gasteiger partial charge in [-0.1, -0.05) is 29.8 Å². The van der Waals surface area contributed by atoms with Gasteiger partial charge in [-0.15, -0.1) is 4.83 Å². The van der Waals surface area contributed by atoms with E-state index in [2.05, 4.69) is 5.43 Å². The van der Waals surface area contributed by atoms with Crippen LogP contribution in [0.4, 0.5) is 0 Å². The Balaban J connectivity index is 1.83. The van der Waals surface area contributed by atoms with Gasteiger partial charge in [0.05, 0.1) is 0 Å². The Morgan fingerprint density at radius 1 is 1.12 bits per heavy atom. The van der Waals surface area contributed by atoms with Crippen molar-refractivity contribution in [1.29, 1.82) is 0 Å². The van der Waals surface area contributed by atoms with E-state index in [0.29, 0.717) is 16.3 Å². The Morgan fingerprint density at radius 2 is 1.81 bits per heavy atom. The fraction of sp³-hybridized carbons (Fsp3) is 0.167. The Hall–Kier alpha value is -2.35. The van der Waals surface area contributed by atoms with Gasteiger partial charge in [-0.3, -0.25) is 10.2 Å². The number of amides is 1. The molecule has 0 aromatic heterocycles. The molecule has 0 radical (unpaired) electrons. The second kappa shape index (κ2) is 8.84. The van der Waals surface area contributed by atoms with Crippen molar-refractivity contribution in [3.05, 3.63) is 69.6 Å². The molecule has 6 nitrogen and oxygen atoms in total. The first-order valence-electron chi connectivity index (χ1n) is 7.69. The van der Waals surface area contributed by atoms with Crippen molar-refractivity contribution < 1.29 is 17.9 Å². The normalized spacial score (nSPS) is 11.5. The molecule has 26 heavy (non-hydrogen) atoms. The maximum atomic E-state index is 11.9. The number of carbonyl (C=O) groups excluding carboxylic acids is 1. The van der Waals surface area contributed by atoms with E-state index in [4.69, 9.17) is 16.3 Å². The van der Waals surface area contributed by atoms with Gasteiger partial charge in [0.2, 0.25) is 0 Å². The minimum Gasteiger partial charge on any atom is -0.484 e. The fourth-order valence-corrected chi connectivity index (χ4v) is 2.68. The minimum atomic E-state index is -3.83. The topological polar surface area (TPSA) is 84.5 Å². The average molecular weight is 395 g/mol. The fourth-order valence-electron chi connectivity index (χ4n) is 1.89. The van der Waals surface area contributed by atoms with Crippen LogP contribution in [-0.2, 0) is 14.8 Å². The zero-order valence-electron chi connectivity index (χ0n) is 14.3. The number of hydrogen-bond acceptors (Lipinski definition) is 4. The van der Waals surface area contributed by atoms with Crippen LogP contribution >= 0.6 is 11.6 Å². The molecule has 0 saturated heterocycles. The number of ether oxygens (including phenoxy) is 1. The monoisotopic (exact) mass is 394 g/mol. The molecule has 2 rings (SSSR count). The third-order valence-electron chi connectivity index (χ3n) is 3.49. The minimum absolute atomic E-state index is 0.314. The van der Waals surface area contributed by atoms with Crippen molar-refractivity contribution in [2.24, 2.45) is 0 Å². The van der Waals surface area contributed by atoms with Crippen LogP contribution in [0.3, 0.4) is 0 Å². The molecule has 0 spiro atoms. The van der Waals surface area contributed by atoms with Gasteiger partial charge in [-0.05, 0) is 60.9 Å². The third kappa shape index (κ3) is 6.51. The molecule has 0 aliphatic heterocycles. The zero-order valence-corrected chi connectivity index (χ0v) is 15.9. The van der Waals surface area contributed by atoms with E-state index < -0.39 is 15.9 Å². The maximum absolute atomic E-state index is 11.9. The number of halogens is 1. The molecule has 2 aromatic carbocycles. The number of benzene rings is 2. The van der Waals surface area contributed by atoms with Crippen LogP contribution in [-0.4, -0.2) is 20.9 Å². The second-order valence-electron chi connectivity index (χ2n) is 5.58. The Bertz CT molecular complexity index is 909. The maximum Gasteiger partial charge on any atom is 0.272 e. The smallest absolute Gasteiger partial charge is 0.272 e. The summed E-state index contributed by atoms with van der Waals surface area (Å²) in [6, 6.07) is 12.1. The number of hydrogen-bond donors (Lipinski definition) is 2. The summed E-state index contributed by atoms with van der Waals surface area (Å²) in [4.78, 5) is 13.7. The highest BCUT2D eigenvalue weighted by Gasteiger charge is 2.09. The summed E-state index contributed by atoms with van der Waals surface area (Å²) in [7, 11) is -3.83. The van der Waals surface area contributed by atoms with Gasteiger partial charge in [-0.2, -0.15) is 0 Å². The lowest BCUT2D eigenvalue weighted by molar-refractivity contribution is -0.123. The lowest BCUT2D eigenvalue weighted by Crippen LogP contribution is -2.42. The van der Waals surface area contributed by atoms with E-state index >= 15 is 0 Å². The number of hydrazine groups is 1. The molecule has 0 fully saturated rings. The highest BCUT2D eigenvalue weighted by atomic mass is 35.5. The third-order valence-corrected chi connectivity index (χ3v) is 4.62. The molecule has 8 heteroatoms. The summed E-state index contributed by atoms with van der Waals surface area (Å²) >= 11 is 5.76. The van der Waals surface area contributed by atoms with Crippen LogP contribution in [0.1, 0.15) is 16.7 Å². The molecule has 2 N–H and O–H groups in total. The van der Waals surface area contributed by atoms with E-state index in [1.807, 2.05) is 30.8 Å². The highest BCUT2D eigenvalue weighted by molar-refractivity contribution is 7.92. The first kappa shape index (κ1) is 20.0. The van der Waals surface area contributed by atoms with Gasteiger partial charge in [0, 0.05) is 10.4 Å². The van der Waals surface area contributed by atoms with Gasteiger partial charge in [0.25, 0.3) is 15.9 Å². The largest absolute Gasteiger partial charge is 0.484 e. The molecule has 138 valence electrons. The number of rotatable bonds is 7. The van der Waals surface area contributed by atoms with E-state index in [0.717, 1.165) is 16.5 Å². The van der Waals surface area contributed by atoms with Gasteiger partial charge < -0.3 is 4.74 Å². The molecular formula is C18H19ClN2O4S.